The van der Waals surface area contributed by atoms with Gasteiger partial charge < -0.3 is 19.9 Å². The number of methoxy groups -OCH3 is 1. The molecule has 0 saturated carbocycles. The number of aliphatic hydroxyl groups excluding tert-OH is 1. The largest absolute Gasteiger partial charge is 0.496 e. The highest BCUT2D eigenvalue weighted by Gasteiger charge is 2.13. The molecule has 4 nitrogen and oxygen atoms in total. The summed E-state index contributed by atoms with van der Waals surface area (Å²) in [5.74, 6) is 0.642. The molecule has 0 unspecified atom stereocenters. The van der Waals surface area contributed by atoms with Crippen molar-refractivity contribution in [1.82, 2.24) is 0 Å². The van der Waals surface area contributed by atoms with E-state index in [1.807, 2.05) is 0 Å². The van der Waals surface area contributed by atoms with Gasteiger partial charge in [-0.25, -0.2) is 0 Å². The number of benzene rings is 1. The second-order valence-corrected chi connectivity index (χ2v) is 2.92. The molecule has 0 aromatic heterocycles. The van der Waals surface area contributed by atoms with Crippen LogP contribution in [0.1, 0.15) is 5.56 Å². The van der Waals surface area contributed by atoms with Gasteiger partial charge in [0.15, 0.2) is 0 Å². The first-order valence-electron chi connectivity index (χ1n) is 4.33. The minimum atomic E-state index is -1.49. The molecule has 5 heteroatoms. The Balaban J connectivity index is 3.01. The van der Waals surface area contributed by atoms with Crippen LogP contribution in [0.15, 0.2) is 18.2 Å². The van der Waals surface area contributed by atoms with E-state index in [4.69, 9.17) is 19.9 Å². The molecule has 0 aliphatic rings. The summed E-state index contributed by atoms with van der Waals surface area (Å²) in [5, 5.41) is 26.7. The third-order valence-electron chi connectivity index (χ3n) is 1.98. The first-order chi connectivity index (χ1) is 6.69. The molecule has 0 spiro atoms. The maximum Gasteiger partial charge on any atom is 0.488 e. The van der Waals surface area contributed by atoms with E-state index >= 15 is 0 Å². The second-order valence-electron chi connectivity index (χ2n) is 2.92. The Labute approximate surface area is 82.9 Å². The van der Waals surface area contributed by atoms with Gasteiger partial charge in [-0.2, -0.15) is 0 Å². The zero-order valence-electron chi connectivity index (χ0n) is 7.97. The van der Waals surface area contributed by atoms with Gasteiger partial charge in [0, 0.05) is 6.61 Å². The molecule has 1 rings (SSSR count). The van der Waals surface area contributed by atoms with E-state index in [1.54, 1.807) is 18.2 Å². The Morgan fingerprint density at radius 3 is 2.57 bits per heavy atom. The number of hydrogen-bond acceptors (Lipinski definition) is 4. The quantitative estimate of drug-likeness (QED) is 0.535. The average molecular weight is 196 g/mol. The van der Waals surface area contributed by atoms with Gasteiger partial charge in [0.2, 0.25) is 0 Å². The van der Waals surface area contributed by atoms with Crippen LogP contribution >= 0.6 is 0 Å². The van der Waals surface area contributed by atoms with Crippen molar-refractivity contribution in [1.29, 1.82) is 0 Å². The zero-order chi connectivity index (χ0) is 10.6. The molecule has 14 heavy (non-hydrogen) atoms. The molecular weight excluding hydrogens is 183 g/mol. The standard InChI is InChI=1S/C9H13BO4/c1-14-9-3-2-8(10(12)13)6-7(9)4-5-11/h2-3,6,11-13H,4-5H2,1H3. The molecule has 0 heterocycles. The summed E-state index contributed by atoms with van der Waals surface area (Å²) in [4.78, 5) is 0. The predicted octanol–water partition coefficient (Wildman–Crippen LogP) is -1.09. The third kappa shape index (κ3) is 2.48. The van der Waals surface area contributed by atoms with Crippen LogP contribution in [-0.4, -0.2) is 36.0 Å². The topological polar surface area (TPSA) is 69.9 Å². The van der Waals surface area contributed by atoms with Gasteiger partial charge in [-0.05, 0) is 23.5 Å². The molecule has 1 aromatic carbocycles. The Morgan fingerprint density at radius 2 is 2.07 bits per heavy atom. The predicted molar refractivity (Wildman–Crippen MR) is 53.6 cm³/mol. The molecule has 1 aromatic rings. The Kier molecular flexibility index (Phi) is 3.94. The smallest absolute Gasteiger partial charge is 0.488 e. The van der Waals surface area contributed by atoms with Crippen LogP contribution in [0.3, 0.4) is 0 Å². The van der Waals surface area contributed by atoms with Gasteiger partial charge in [0.25, 0.3) is 0 Å². The molecule has 0 amide bonds. The van der Waals surface area contributed by atoms with E-state index in [2.05, 4.69) is 0 Å². The molecule has 0 atom stereocenters. The van der Waals surface area contributed by atoms with Crippen molar-refractivity contribution >= 4 is 12.6 Å². The van der Waals surface area contributed by atoms with Crippen molar-refractivity contribution in [2.45, 2.75) is 6.42 Å². The summed E-state index contributed by atoms with van der Waals surface area (Å²) >= 11 is 0. The summed E-state index contributed by atoms with van der Waals surface area (Å²) in [6.07, 6.45) is 0.434. The number of ether oxygens (including phenoxy) is 1. The lowest BCUT2D eigenvalue weighted by atomic mass is 9.79. The summed E-state index contributed by atoms with van der Waals surface area (Å²) in [7, 11) is 0.0454. The number of aliphatic hydroxyl groups is 1. The van der Waals surface area contributed by atoms with Gasteiger partial charge in [-0.3, -0.25) is 0 Å². The Hall–Kier alpha value is -1.04. The normalized spacial score (nSPS) is 10.0. The van der Waals surface area contributed by atoms with Crippen LogP contribution in [-0.2, 0) is 6.42 Å². The van der Waals surface area contributed by atoms with Crippen LogP contribution in [0, 0.1) is 0 Å². The second kappa shape index (κ2) is 5.00. The molecule has 3 N–H and O–H groups in total. The van der Waals surface area contributed by atoms with E-state index in [0.29, 0.717) is 17.6 Å². The van der Waals surface area contributed by atoms with Crippen LogP contribution in [0.25, 0.3) is 0 Å². The number of hydrogen-bond donors (Lipinski definition) is 3. The van der Waals surface area contributed by atoms with E-state index in [-0.39, 0.29) is 6.61 Å². The minimum absolute atomic E-state index is 0.00133. The van der Waals surface area contributed by atoms with Crippen LogP contribution < -0.4 is 10.2 Å². The Bertz CT molecular complexity index is 301. The average Bonchev–Trinajstić information content (AvgIpc) is 2.18. The Morgan fingerprint density at radius 1 is 1.36 bits per heavy atom. The summed E-state index contributed by atoms with van der Waals surface area (Å²) in [6, 6.07) is 4.84. The molecule has 0 fully saturated rings. The van der Waals surface area contributed by atoms with Crippen LogP contribution in [0.2, 0.25) is 0 Å². The summed E-state index contributed by atoms with van der Waals surface area (Å²) < 4.78 is 5.06. The van der Waals surface area contributed by atoms with E-state index < -0.39 is 7.12 Å². The highest BCUT2D eigenvalue weighted by molar-refractivity contribution is 6.58. The molecular formula is C9H13BO4. The summed E-state index contributed by atoms with van der Waals surface area (Å²) in [6.45, 7) is 0.00133. The van der Waals surface area contributed by atoms with Gasteiger partial charge in [-0.1, -0.05) is 12.1 Å². The van der Waals surface area contributed by atoms with E-state index in [0.717, 1.165) is 5.56 Å². The van der Waals surface area contributed by atoms with Crippen LogP contribution in [0.5, 0.6) is 5.75 Å². The van der Waals surface area contributed by atoms with Crippen molar-refractivity contribution in [3.05, 3.63) is 23.8 Å². The lowest BCUT2D eigenvalue weighted by molar-refractivity contribution is 0.296. The lowest BCUT2D eigenvalue weighted by Gasteiger charge is -2.09. The molecule has 0 radical (unpaired) electrons. The molecule has 0 aliphatic heterocycles. The van der Waals surface area contributed by atoms with Gasteiger partial charge in [-0.15, -0.1) is 0 Å². The maximum atomic E-state index is 8.93. The van der Waals surface area contributed by atoms with E-state index in [9.17, 15) is 0 Å². The minimum Gasteiger partial charge on any atom is -0.496 e. The van der Waals surface area contributed by atoms with Crippen molar-refractivity contribution in [3.8, 4) is 5.75 Å². The first-order valence-corrected chi connectivity index (χ1v) is 4.33. The SMILES string of the molecule is COc1ccc(B(O)O)cc1CCO. The van der Waals surface area contributed by atoms with Crippen molar-refractivity contribution in [3.63, 3.8) is 0 Å². The molecule has 0 saturated heterocycles. The fraction of sp³-hybridized carbons (Fsp3) is 0.333. The van der Waals surface area contributed by atoms with Crippen molar-refractivity contribution in [2.75, 3.05) is 13.7 Å². The van der Waals surface area contributed by atoms with Gasteiger partial charge in [0.1, 0.15) is 5.75 Å². The maximum absolute atomic E-state index is 8.93. The highest BCUT2D eigenvalue weighted by Crippen LogP contribution is 2.16. The fourth-order valence-electron chi connectivity index (χ4n) is 1.27. The monoisotopic (exact) mass is 196 g/mol. The number of rotatable bonds is 4. The summed E-state index contributed by atoms with van der Waals surface area (Å²) in [5.41, 5.74) is 1.16. The van der Waals surface area contributed by atoms with Gasteiger partial charge >= 0.3 is 7.12 Å². The molecule has 0 aliphatic carbocycles. The van der Waals surface area contributed by atoms with Crippen molar-refractivity contribution < 1.29 is 19.9 Å². The van der Waals surface area contributed by atoms with Crippen LogP contribution in [0.4, 0.5) is 0 Å². The first kappa shape index (κ1) is 11.0. The fourth-order valence-corrected chi connectivity index (χ4v) is 1.27. The third-order valence-corrected chi connectivity index (χ3v) is 1.98. The lowest BCUT2D eigenvalue weighted by Crippen LogP contribution is -2.30. The molecule has 0 bridgehead atoms. The molecule has 76 valence electrons. The van der Waals surface area contributed by atoms with Gasteiger partial charge in [0.05, 0.1) is 7.11 Å². The van der Waals surface area contributed by atoms with Crippen molar-refractivity contribution in [2.24, 2.45) is 0 Å². The van der Waals surface area contributed by atoms with E-state index in [1.165, 1.54) is 7.11 Å². The highest BCUT2D eigenvalue weighted by atomic mass is 16.5. The zero-order valence-corrected chi connectivity index (χ0v) is 7.97.